The van der Waals surface area contributed by atoms with E-state index in [9.17, 15) is 9.59 Å². The molecular formula is C18H22N2O5. The van der Waals surface area contributed by atoms with Crippen LogP contribution in [0.3, 0.4) is 0 Å². The first-order chi connectivity index (χ1) is 12.2. The first kappa shape index (κ1) is 18.7. The zero-order valence-electron chi connectivity index (χ0n) is 14.4. The van der Waals surface area contributed by atoms with Crippen molar-refractivity contribution in [3.05, 3.63) is 53.3 Å². The fourth-order valence-corrected chi connectivity index (χ4v) is 2.18. The van der Waals surface area contributed by atoms with Crippen molar-refractivity contribution in [1.29, 1.82) is 0 Å². The van der Waals surface area contributed by atoms with Gasteiger partial charge in [-0.15, -0.1) is 0 Å². The highest BCUT2D eigenvalue weighted by Crippen LogP contribution is 2.09. The van der Waals surface area contributed by atoms with E-state index < -0.39 is 11.9 Å². The van der Waals surface area contributed by atoms with Gasteiger partial charge in [0.25, 0.3) is 0 Å². The van der Waals surface area contributed by atoms with Crippen LogP contribution in [-0.2, 0) is 27.4 Å². The van der Waals surface area contributed by atoms with Crippen LogP contribution < -0.4 is 0 Å². The quantitative estimate of drug-likeness (QED) is 0.512. The van der Waals surface area contributed by atoms with E-state index in [4.69, 9.17) is 14.2 Å². The molecule has 1 aromatic heterocycles. The first-order valence-corrected chi connectivity index (χ1v) is 8.19. The summed E-state index contributed by atoms with van der Waals surface area (Å²) in [6, 6.07) is 11.1. The maximum Gasteiger partial charge on any atom is 0.358 e. The van der Waals surface area contributed by atoms with Crippen molar-refractivity contribution >= 4 is 11.9 Å². The Hall–Kier alpha value is -2.67. The zero-order valence-corrected chi connectivity index (χ0v) is 14.4. The second-order valence-electron chi connectivity index (χ2n) is 5.12. The number of ether oxygens (including phenoxy) is 3. The number of aromatic nitrogens is 2. The van der Waals surface area contributed by atoms with E-state index in [-0.39, 0.29) is 24.6 Å². The minimum absolute atomic E-state index is 0.0768. The largest absolute Gasteiger partial charge is 0.461 e. The van der Waals surface area contributed by atoms with Crippen molar-refractivity contribution in [2.45, 2.75) is 27.0 Å². The summed E-state index contributed by atoms with van der Waals surface area (Å²) in [6.45, 7) is 5.02. The number of benzene rings is 1. The Balaban J connectivity index is 2.01. The van der Waals surface area contributed by atoms with Gasteiger partial charge in [-0.1, -0.05) is 30.3 Å². The predicted octanol–water partition coefficient (Wildman–Crippen LogP) is 2.45. The van der Waals surface area contributed by atoms with E-state index in [1.165, 1.54) is 10.7 Å². The van der Waals surface area contributed by atoms with Crippen LogP contribution in [0, 0.1) is 0 Å². The molecule has 25 heavy (non-hydrogen) atoms. The van der Waals surface area contributed by atoms with Gasteiger partial charge in [0, 0.05) is 6.07 Å². The normalized spacial score (nSPS) is 10.5. The molecule has 0 saturated heterocycles. The molecule has 1 aromatic carbocycles. The van der Waals surface area contributed by atoms with Gasteiger partial charge < -0.3 is 14.2 Å². The maximum absolute atomic E-state index is 12.0. The number of nitrogens with zero attached hydrogens (tertiary/aromatic N) is 2. The molecular weight excluding hydrogens is 324 g/mol. The summed E-state index contributed by atoms with van der Waals surface area (Å²) in [5, 5.41) is 4.14. The van der Waals surface area contributed by atoms with Crippen molar-refractivity contribution in [3.8, 4) is 0 Å². The highest BCUT2D eigenvalue weighted by atomic mass is 16.5. The molecule has 0 unspecified atom stereocenters. The second-order valence-corrected chi connectivity index (χ2v) is 5.12. The van der Waals surface area contributed by atoms with Crippen LogP contribution in [0.2, 0.25) is 0 Å². The summed E-state index contributed by atoms with van der Waals surface area (Å²) in [7, 11) is 0. The number of carbonyl (C=O) groups excluding carboxylic acids is 2. The Bertz CT molecular complexity index is 697. The number of carbonyl (C=O) groups is 2. The Morgan fingerprint density at radius 3 is 2.40 bits per heavy atom. The molecule has 0 fully saturated rings. The molecule has 0 spiro atoms. The molecule has 0 saturated carbocycles. The molecule has 134 valence electrons. The van der Waals surface area contributed by atoms with Crippen molar-refractivity contribution < 1.29 is 23.8 Å². The minimum Gasteiger partial charge on any atom is -0.461 e. The minimum atomic E-state index is -0.572. The molecule has 7 nitrogen and oxygen atoms in total. The Morgan fingerprint density at radius 1 is 1.04 bits per heavy atom. The number of rotatable bonds is 9. The lowest BCUT2D eigenvalue weighted by atomic mass is 10.2. The summed E-state index contributed by atoms with van der Waals surface area (Å²) in [5.74, 6) is -1.11. The summed E-state index contributed by atoms with van der Waals surface area (Å²) in [6.07, 6.45) is 0. The molecule has 1 heterocycles. The number of hydrogen-bond donors (Lipinski definition) is 0. The summed E-state index contributed by atoms with van der Waals surface area (Å²) < 4.78 is 16.9. The van der Waals surface area contributed by atoms with Gasteiger partial charge >= 0.3 is 11.9 Å². The SMILES string of the molecule is CCOC(=O)c1cc(C(=O)OCC)n(CCOCc2ccccc2)n1. The molecule has 0 radical (unpaired) electrons. The molecule has 0 aliphatic rings. The van der Waals surface area contributed by atoms with E-state index in [1.54, 1.807) is 13.8 Å². The van der Waals surface area contributed by atoms with Crippen molar-refractivity contribution in [1.82, 2.24) is 9.78 Å². The highest BCUT2D eigenvalue weighted by molar-refractivity contribution is 5.93. The Labute approximate surface area is 146 Å². The van der Waals surface area contributed by atoms with Gasteiger partial charge in [0.2, 0.25) is 0 Å². The van der Waals surface area contributed by atoms with Gasteiger partial charge in [-0.2, -0.15) is 5.10 Å². The van der Waals surface area contributed by atoms with E-state index in [0.29, 0.717) is 19.8 Å². The topological polar surface area (TPSA) is 79.7 Å². The van der Waals surface area contributed by atoms with Gasteiger partial charge in [-0.3, -0.25) is 4.68 Å². The van der Waals surface area contributed by atoms with Crippen LogP contribution in [-0.4, -0.2) is 41.5 Å². The number of esters is 2. The third-order valence-electron chi connectivity index (χ3n) is 3.31. The monoisotopic (exact) mass is 346 g/mol. The summed E-state index contributed by atoms with van der Waals surface area (Å²) >= 11 is 0. The fourth-order valence-electron chi connectivity index (χ4n) is 2.18. The van der Waals surface area contributed by atoms with Crippen molar-refractivity contribution in [2.24, 2.45) is 0 Å². The van der Waals surface area contributed by atoms with Gasteiger partial charge in [0.05, 0.1) is 33.0 Å². The van der Waals surface area contributed by atoms with E-state index >= 15 is 0 Å². The van der Waals surface area contributed by atoms with Crippen molar-refractivity contribution in [2.75, 3.05) is 19.8 Å². The van der Waals surface area contributed by atoms with E-state index in [1.807, 2.05) is 30.3 Å². The first-order valence-electron chi connectivity index (χ1n) is 8.19. The van der Waals surface area contributed by atoms with Gasteiger partial charge in [-0.25, -0.2) is 9.59 Å². The van der Waals surface area contributed by atoms with Crippen LogP contribution in [0.4, 0.5) is 0 Å². The lowest BCUT2D eigenvalue weighted by Gasteiger charge is -2.08. The molecule has 0 atom stereocenters. The zero-order chi connectivity index (χ0) is 18.1. The lowest BCUT2D eigenvalue weighted by molar-refractivity contribution is 0.0499. The summed E-state index contributed by atoms with van der Waals surface area (Å²) in [4.78, 5) is 23.9. The van der Waals surface area contributed by atoms with E-state index in [0.717, 1.165) is 5.56 Å². The molecule has 0 N–H and O–H groups in total. The average Bonchev–Trinajstić information content (AvgIpc) is 3.04. The molecule has 0 bridgehead atoms. The number of hydrogen-bond acceptors (Lipinski definition) is 6. The Kier molecular flexibility index (Phi) is 7.16. The molecule has 0 aliphatic carbocycles. The van der Waals surface area contributed by atoms with Crippen LogP contribution in [0.15, 0.2) is 36.4 Å². The highest BCUT2D eigenvalue weighted by Gasteiger charge is 2.20. The smallest absolute Gasteiger partial charge is 0.358 e. The second kappa shape index (κ2) is 9.58. The van der Waals surface area contributed by atoms with Crippen LogP contribution in [0.1, 0.15) is 40.4 Å². The Morgan fingerprint density at radius 2 is 1.72 bits per heavy atom. The standard InChI is InChI=1S/C18H22N2O5/c1-3-24-17(21)15-12-16(18(22)25-4-2)20(19-15)10-11-23-13-14-8-6-5-7-9-14/h5-9,12H,3-4,10-11,13H2,1-2H3. The molecule has 0 aliphatic heterocycles. The molecule has 2 aromatic rings. The molecule has 7 heteroatoms. The van der Waals surface area contributed by atoms with Gasteiger partial charge in [0.15, 0.2) is 5.69 Å². The molecule has 2 rings (SSSR count). The predicted molar refractivity (Wildman–Crippen MR) is 90.2 cm³/mol. The summed E-state index contributed by atoms with van der Waals surface area (Å²) in [5.41, 5.74) is 1.34. The average molecular weight is 346 g/mol. The molecule has 0 amide bonds. The third-order valence-corrected chi connectivity index (χ3v) is 3.31. The fraction of sp³-hybridized carbons (Fsp3) is 0.389. The van der Waals surface area contributed by atoms with Gasteiger partial charge in [-0.05, 0) is 19.4 Å². The van der Waals surface area contributed by atoms with Gasteiger partial charge in [0.1, 0.15) is 5.69 Å². The maximum atomic E-state index is 12.0. The van der Waals surface area contributed by atoms with Crippen LogP contribution in [0.5, 0.6) is 0 Å². The van der Waals surface area contributed by atoms with E-state index in [2.05, 4.69) is 5.10 Å². The van der Waals surface area contributed by atoms with Crippen LogP contribution in [0.25, 0.3) is 0 Å². The van der Waals surface area contributed by atoms with Crippen LogP contribution >= 0.6 is 0 Å². The van der Waals surface area contributed by atoms with Crippen molar-refractivity contribution in [3.63, 3.8) is 0 Å². The lowest BCUT2D eigenvalue weighted by Crippen LogP contribution is -2.16. The third kappa shape index (κ3) is 5.42.